The summed E-state index contributed by atoms with van der Waals surface area (Å²) in [5.41, 5.74) is 0.671. The van der Waals surface area contributed by atoms with Crippen LogP contribution in [-0.4, -0.2) is 37.2 Å². The number of aryl methyl sites for hydroxylation is 1. The molecule has 0 atom stereocenters. The predicted octanol–water partition coefficient (Wildman–Crippen LogP) is -0.186. The Morgan fingerprint density at radius 3 is 2.82 bits per heavy atom. The molecular formula is C10H18N4O2S. The number of nitrogens with one attached hydrogen (secondary N) is 2. The molecule has 1 heterocycles. The highest BCUT2D eigenvalue weighted by Gasteiger charge is 2.09. The van der Waals surface area contributed by atoms with Gasteiger partial charge >= 0.3 is 0 Å². The van der Waals surface area contributed by atoms with Crippen molar-refractivity contribution in [2.24, 2.45) is 0 Å². The summed E-state index contributed by atoms with van der Waals surface area (Å²) in [5, 5.41) is 2.97. The summed E-state index contributed by atoms with van der Waals surface area (Å²) in [6.45, 7) is 5.12. The zero-order chi connectivity index (χ0) is 12.7. The fourth-order valence-corrected chi connectivity index (χ4v) is 2.17. The fraction of sp³-hybridized carbons (Fsp3) is 0.600. The molecule has 0 fully saturated rings. The van der Waals surface area contributed by atoms with Crippen LogP contribution in [0.25, 0.3) is 0 Å². The van der Waals surface area contributed by atoms with Crippen molar-refractivity contribution in [3.8, 4) is 0 Å². The predicted molar refractivity (Wildman–Crippen MR) is 65.9 cm³/mol. The van der Waals surface area contributed by atoms with Gasteiger partial charge in [0, 0.05) is 12.7 Å². The minimum atomic E-state index is -3.24. The summed E-state index contributed by atoms with van der Waals surface area (Å²) in [6.07, 6.45) is 1.62. The summed E-state index contributed by atoms with van der Waals surface area (Å²) in [6, 6.07) is 1.69. The van der Waals surface area contributed by atoms with Crippen LogP contribution in [0.1, 0.15) is 18.4 Å². The smallest absolute Gasteiger partial charge is 0.213 e. The van der Waals surface area contributed by atoms with Crippen LogP contribution in [0, 0.1) is 6.92 Å². The standard InChI is InChI=1S/C10H18N4O2S/c1-3-11-6-7-17(15,16)13-8-10-4-5-12-9(2)14-10/h4-5,11,13H,3,6-8H2,1-2H3. The van der Waals surface area contributed by atoms with E-state index in [1.165, 1.54) is 0 Å². The first kappa shape index (κ1) is 14.0. The molecule has 2 N–H and O–H groups in total. The molecule has 0 aliphatic carbocycles. The summed E-state index contributed by atoms with van der Waals surface area (Å²) in [5.74, 6) is 0.708. The van der Waals surface area contributed by atoms with Crippen molar-refractivity contribution >= 4 is 10.0 Å². The molecule has 1 aromatic rings. The van der Waals surface area contributed by atoms with E-state index in [2.05, 4.69) is 20.0 Å². The van der Waals surface area contributed by atoms with Crippen LogP contribution in [-0.2, 0) is 16.6 Å². The van der Waals surface area contributed by atoms with Gasteiger partial charge in [0.1, 0.15) is 5.82 Å². The highest BCUT2D eigenvalue weighted by molar-refractivity contribution is 7.89. The molecule has 6 nitrogen and oxygen atoms in total. The Bertz CT molecular complexity index is 447. The molecule has 0 bridgehead atoms. The zero-order valence-electron chi connectivity index (χ0n) is 10.1. The SMILES string of the molecule is CCNCCS(=O)(=O)NCc1ccnc(C)n1. The second kappa shape index (κ2) is 6.63. The first-order valence-corrected chi connectivity index (χ1v) is 7.15. The Balaban J connectivity index is 2.44. The van der Waals surface area contributed by atoms with Crippen molar-refractivity contribution in [3.63, 3.8) is 0 Å². The van der Waals surface area contributed by atoms with Gasteiger partial charge in [-0.2, -0.15) is 0 Å². The largest absolute Gasteiger partial charge is 0.316 e. The quantitative estimate of drug-likeness (QED) is 0.663. The van der Waals surface area contributed by atoms with Gasteiger partial charge in [-0.1, -0.05) is 6.92 Å². The van der Waals surface area contributed by atoms with Crippen LogP contribution >= 0.6 is 0 Å². The van der Waals surface area contributed by atoms with E-state index in [1.54, 1.807) is 19.2 Å². The van der Waals surface area contributed by atoms with Crippen LogP contribution in [0.2, 0.25) is 0 Å². The number of nitrogens with zero attached hydrogens (tertiary/aromatic N) is 2. The highest BCUT2D eigenvalue weighted by atomic mass is 32.2. The Morgan fingerprint density at radius 1 is 1.41 bits per heavy atom. The first-order valence-electron chi connectivity index (χ1n) is 5.50. The summed E-state index contributed by atoms with van der Waals surface area (Å²) >= 11 is 0. The molecular weight excluding hydrogens is 240 g/mol. The van der Waals surface area contributed by atoms with Gasteiger partial charge in [-0.05, 0) is 19.5 Å². The first-order chi connectivity index (χ1) is 8.03. The topological polar surface area (TPSA) is 84.0 Å². The molecule has 0 aliphatic rings. The number of hydrogen-bond acceptors (Lipinski definition) is 5. The van der Waals surface area contributed by atoms with E-state index < -0.39 is 10.0 Å². The second-order valence-corrected chi connectivity index (χ2v) is 5.52. The Kier molecular flexibility index (Phi) is 5.46. The molecule has 0 radical (unpaired) electrons. The number of rotatable bonds is 7. The van der Waals surface area contributed by atoms with E-state index in [0.717, 1.165) is 6.54 Å². The van der Waals surface area contributed by atoms with Gasteiger partial charge in [-0.15, -0.1) is 0 Å². The van der Waals surface area contributed by atoms with Crippen molar-refractivity contribution in [1.82, 2.24) is 20.0 Å². The van der Waals surface area contributed by atoms with Crippen molar-refractivity contribution in [1.29, 1.82) is 0 Å². The van der Waals surface area contributed by atoms with E-state index in [-0.39, 0.29) is 12.3 Å². The maximum Gasteiger partial charge on any atom is 0.213 e. The van der Waals surface area contributed by atoms with Crippen LogP contribution in [0.5, 0.6) is 0 Å². The Labute approximate surface area is 102 Å². The van der Waals surface area contributed by atoms with Gasteiger partial charge in [0.25, 0.3) is 0 Å². The van der Waals surface area contributed by atoms with E-state index in [0.29, 0.717) is 18.1 Å². The average Bonchev–Trinajstić information content (AvgIpc) is 2.27. The monoisotopic (exact) mass is 258 g/mol. The maximum absolute atomic E-state index is 11.6. The van der Waals surface area contributed by atoms with E-state index in [1.807, 2.05) is 6.92 Å². The molecule has 0 unspecified atom stereocenters. The van der Waals surface area contributed by atoms with E-state index in [4.69, 9.17) is 0 Å². The molecule has 96 valence electrons. The van der Waals surface area contributed by atoms with E-state index in [9.17, 15) is 8.42 Å². The van der Waals surface area contributed by atoms with Gasteiger partial charge in [0.15, 0.2) is 0 Å². The molecule has 0 amide bonds. The number of aromatic nitrogens is 2. The van der Waals surface area contributed by atoms with E-state index >= 15 is 0 Å². The Hall–Kier alpha value is -1.05. The molecule has 0 spiro atoms. The second-order valence-electron chi connectivity index (χ2n) is 3.59. The van der Waals surface area contributed by atoms with Gasteiger partial charge in [-0.25, -0.2) is 23.1 Å². The van der Waals surface area contributed by atoms with Crippen molar-refractivity contribution < 1.29 is 8.42 Å². The van der Waals surface area contributed by atoms with Crippen molar-refractivity contribution in [3.05, 3.63) is 23.8 Å². The van der Waals surface area contributed by atoms with Gasteiger partial charge < -0.3 is 5.32 Å². The lowest BCUT2D eigenvalue weighted by Gasteiger charge is -2.06. The minimum Gasteiger partial charge on any atom is -0.316 e. The van der Waals surface area contributed by atoms with Crippen LogP contribution in [0.15, 0.2) is 12.3 Å². The van der Waals surface area contributed by atoms with Gasteiger partial charge in [0.2, 0.25) is 10.0 Å². The van der Waals surface area contributed by atoms with Crippen molar-refractivity contribution in [2.75, 3.05) is 18.8 Å². The zero-order valence-corrected chi connectivity index (χ0v) is 10.9. The molecule has 17 heavy (non-hydrogen) atoms. The lowest BCUT2D eigenvalue weighted by Crippen LogP contribution is -2.31. The summed E-state index contributed by atoms with van der Waals surface area (Å²) in [7, 11) is -3.24. The van der Waals surface area contributed by atoms with Gasteiger partial charge in [0.05, 0.1) is 18.0 Å². The molecule has 0 aromatic carbocycles. The number of sulfonamides is 1. The lowest BCUT2D eigenvalue weighted by molar-refractivity contribution is 0.576. The third-order valence-corrected chi connectivity index (χ3v) is 3.43. The summed E-state index contributed by atoms with van der Waals surface area (Å²) in [4.78, 5) is 8.07. The molecule has 0 saturated carbocycles. The highest BCUT2D eigenvalue weighted by Crippen LogP contribution is 1.95. The average molecular weight is 258 g/mol. The van der Waals surface area contributed by atoms with Crippen molar-refractivity contribution in [2.45, 2.75) is 20.4 Å². The van der Waals surface area contributed by atoms with Crippen LogP contribution < -0.4 is 10.0 Å². The third kappa shape index (κ3) is 5.71. The molecule has 0 saturated heterocycles. The van der Waals surface area contributed by atoms with Crippen LogP contribution in [0.4, 0.5) is 0 Å². The summed E-state index contributed by atoms with van der Waals surface area (Å²) < 4.78 is 25.6. The Morgan fingerprint density at radius 2 is 2.18 bits per heavy atom. The molecule has 7 heteroatoms. The molecule has 1 aromatic heterocycles. The lowest BCUT2D eigenvalue weighted by atomic mass is 10.4. The normalized spacial score (nSPS) is 11.6. The van der Waals surface area contributed by atoms with Crippen LogP contribution in [0.3, 0.4) is 0 Å². The number of hydrogen-bond donors (Lipinski definition) is 2. The fourth-order valence-electron chi connectivity index (χ4n) is 1.24. The van der Waals surface area contributed by atoms with Gasteiger partial charge in [-0.3, -0.25) is 0 Å². The minimum absolute atomic E-state index is 0.0743. The third-order valence-electron chi connectivity index (χ3n) is 2.10. The maximum atomic E-state index is 11.6. The molecule has 1 rings (SSSR count). The molecule has 0 aliphatic heterocycles.